The first kappa shape index (κ1) is 26.7. The molecule has 1 aliphatic carbocycles. The quantitative estimate of drug-likeness (QED) is 0.264. The van der Waals surface area contributed by atoms with E-state index >= 15 is 0 Å². The van der Waals surface area contributed by atoms with Crippen LogP contribution in [0.25, 0.3) is 0 Å². The SMILES string of the molecule is CCC(CN(C=O)c1ccc(CN)cc1)NC(=O)C/C(N)=C/C=C(\N)CCC1=CCC=CC=C1. The molecule has 2 rings (SSSR count). The van der Waals surface area contributed by atoms with Gasteiger partial charge in [-0.15, -0.1) is 0 Å². The number of benzene rings is 1. The number of carbonyl (C=O) groups excluding carboxylic acids is 2. The van der Waals surface area contributed by atoms with Gasteiger partial charge in [0.1, 0.15) is 0 Å². The molecule has 0 radical (unpaired) electrons. The molecule has 0 bridgehead atoms. The minimum atomic E-state index is -0.198. The minimum absolute atomic E-state index is 0.0616. The number of carbonyl (C=O) groups is 2. The number of rotatable bonds is 13. The molecule has 0 saturated heterocycles. The van der Waals surface area contributed by atoms with Crippen molar-refractivity contribution in [2.24, 2.45) is 17.2 Å². The Morgan fingerprint density at radius 3 is 2.56 bits per heavy atom. The molecular weight excluding hydrogens is 426 g/mol. The third-order valence-corrected chi connectivity index (χ3v) is 5.56. The van der Waals surface area contributed by atoms with E-state index in [2.05, 4.69) is 23.5 Å². The van der Waals surface area contributed by atoms with Crippen molar-refractivity contribution in [3.8, 4) is 0 Å². The van der Waals surface area contributed by atoms with Crippen LogP contribution in [0.15, 0.2) is 83.8 Å². The molecule has 0 saturated carbocycles. The molecule has 1 atom stereocenters. The fourth-order valence-corrected chi connectivity index (χ4v) is 3.47. The largest absolute Gasteiger partial charge is 0.402 e. The van der Waals surface area contributed by atoms with Crippen LogP contribution < -0.4 is 27.4 Å². The second kappa shape index (κ2) is 14.5. The highest BCUT2D eigenvalue weighted by atomic mass is 16.2. The number of hydrogen-bond acceptors (Lipinski definition) is 5. The number of nitrogens with two attached hydrogens (primary N) is 3. The molecule has 0 fully saturated rings. The minimum Gasteiger partial charge on any atom is -0.402 e. The molecule has 1 aromatic rings. The van der Waals surface area contributed by atoms with Crippen LogP contribution in [-0.4, -0.2) is 24.9 Å². The summed E-state index contributed by atoms with van der Waals surface area (Å²) in [5, 5.41) is 2.96. The van der Waals surface area contributed by atoms with Gasteiger partial charge in [0.2, 0.25) is 12.3 Å². The summed E-state index contributed by atoms with van der Waals surface area (Å²) in [5.74, 6) is -0.196. The van der Waals surface area contributed by atoms with E-state index in [1.54, 1.807) is 17.1 Å². The fraction of sp³-hybridized carbons (Fsp3) is 0.333. The maximum absolute atomic E-state index is 12.5. The summed E-state index contributed by atoms with van der Waals surface area (Å²) in [7, 11) is 0. The van der Waals surface area contributed by atoms with Gasteiger partial charge in [0.25, 0.3) is 0 Å². The van der Waals surface area contributed by atoms with E-state index in [1.807, 2.05) is 43.3 Å². The topological polar surface area (TPSA) is 127 Å². The Hall–Kier alpha value is -3.58. The molecule has 34 heavy (non-hydrogen) atoms. The molecular formula is C27H37N5O2. The molecule has 7 heteroatoms. The van der Waals surface area contributed by atoms with Crippen LogP contribution in [0.5, 0.6) is 0 Å². The molecule has 1 aromatic carbocycles. The molecule has 0 aliphatic heterocycles. The van der Waals surface area contributed by atoms with Gasteiger partial charge in [-0.25, -0.2) is 0 Å². The summed E-state index contributed by atoms with van der Waals surface area (Å²) >= 11 is 0. The van der Waals surface area contributed by atoms with E-state index < -0.39 is 0 Å². The zero-order chi connectivity index (χ0) is 24.8. The van der Waals surface area contributed by atoms with Crippen molar-refractivity contribution in [2.75, 3.05) is 11.4 Å². The Balaban J connectivity index is 1.85. The molecule has 1 aliphatic rings. The van der Waals surface area contributed by atoms with Gasteiger partial charge in [-0.2, -0.15) is 0 Å². The first-order valence-corrected chi connectivity index (χ1v) is 11.7. The average Bonchev–Trinajstić information content (AvgIpc) is 3.13. The lowest BCUT2D eigenvalue weighted by Gasteiger charge is -2.24. The zero-order valence-corrected chi connectivity index (χ0v) is 20.0. The summed E-state index contributed by atoms with van der Waals surface area (Å²) in [4.78, 5) is 25.7. The number of amides is 2. The maximum Gasteiger partial charge on any atom is 0.226 e. The van der Waals surface area contributed by atoms with Crippen molar-refractivity contribution in [1.29, 1.82) is 0 Å². The normalized spacial score (nSPS) is 14.8. The molecule has 2 amide bonds. The van der Waals surface area contributed by atoms with Gasteiger partial charge < -0.3 is 27.4 Å². The van der Waals surface area contributed by atoms with E-state index in [-0.39, 0.29) is 18.4 Å². The van der Waals surface area contributed by atoms with Gasteiger partial charge in [-0.3, -0.25) is 9.59 Å². The monoisotopic (exact) mass is 463 g/mol. The molecule has 182 valence electrons. The number of anilines is 1. The van der Waals surface area contributed by atoms with Crippen LogP contribution in [0, 0.1) is 0 Å². The Bertz CT molecular complexity index is 958. The highest BCUT2D eigenvalue weighted by Crippen LogP contribution is 2.16. The predicted molar refractivity (Wildman–Crippen MR) is 139 cm³/mol. The smallest absolute Gasteiger partial charge is 0.226 e. The van der Waals surface area contributed by atoms with E-state index in [4.69, 9.17) is 17.2 Å². The average molecular weight is 464 g/mol. The second-order valence-electron chi connectivity index (χ2n) is 8.26. The van der Waals surface area contributed by atoms with Crippen LogP contribution in [0.3, 0.4) is 0 Å². The van der Waals surface area contributed by atoms with E-state index in [1.165, 1.54) is 5.57 Å². The lowest BCUT2D eigenvalue weighted by Crippen LogP contribution is -2.43. The summed E-state index contributed by atoms with van der Waals surface area (Å²) < 4.78 is 0. The summed E-state index contributed by atoms with van der Waals surface area (Å²) in [6, 6.07) is 7.27. The molecule has 0 aromatic heterocycles. The lowest BCUT2D eigenvalue weighted by molar-refractivity contribution is -0.121. The van der Waals surface area contributed by atoms with Gasteiger partial charge in [0.15, 0.2) is 0 Å². The number of nitrogens with zero attached hydrogens (tertiary/aromatic N) is 1. The third-order valence-electron chi connectivity index (χ3n) is 5.56. The number of hydrogen-bond donors (Lipinski definition) is 4. The molecule has 0 spiro atoms. The lowest BCUT2D eigenvalue weighted by atomic mass is 10.1. The first-order valence-electron chi connectivity index (χ1n) is 11.7. The van der Waals surface area contributed by atoms with Gasteiger partial charge in [-0.05, 0) is 55.5 Å². The first-order chi connectivity index (χ1) is 16.4. The second-order valence-corrected chi connectivity index (χ2v) is 8.26. The standard InChI is InChI=1S/C27H37N5O2/c1-2-25(19-32(20-33)26-15-10-22(18-28)11-16-26)31-27(34)17-24(30)14-13-23(29)12-9-21-7-5-3-4-6-8-21/h3-5,7-8,10-11,13-16,20,25H,2,6,9,12,17-19,28-30H2,1H3,(H,31,34)/b23-13-,24-14-. The Morgan fingerprint density at radius 2 is 1.88 bits per heavy atom. The van der Waals surface area contributed by atoms with Crippen LogP contribution in [0.4, 0.5) is 5.69 Å². The zero-order valence-electron chi connectivity index (χ0n) is 20.0. The third kappa shape index (κ3) is 9.50. The predicted octanol–water partition coefficient (Wildman–Crippen LogP) is 3.30. The Morgan fingerprint density at radius 1 is 1.15 bits per heavy atom. The van der Waals surface area contributed by atoms with E-state index in [9.17, 15) is 9.59 Å². The highest BCUT2D eigenvalue weighted by Gasteiger charge is 2.16. The van der Waals surface area contributed by atoms with Gasteiger partial charge in [-0.1, -0.05) is 55.0 Å². The summed E-state index contributed by atoms with van der Waals surface area (Å²) in [6.45, 7) is 2.77. The maximum atomic E-state index is 12.5. The van der Waals surface area contributed by atoms with Crippen molar-refractivity contribution >= 4 is 18.0 Å². The Labute approximate surface area is 202 Å². The highest BCUT2D eigenvalue weighted by molar-refractivity contribution is 5.79. The molecule has 7 nitrogen and oxygen atoms in total. The summed E-state index contributed by atoms with van der Waals surface area (Å²) in [6.07, 6.45) is 17.9. The fourth-order valence-electron chi connectivity index (χ4n) is 3.47. The van der Waals surface area contributed by atoms with Crippen molar-refractivity contribution in [3.63, 3.8) is 0 Å². The molecule has 1 unspecified atom stereocenters. The summed E-state index contributed by atoms with van der Waals surface area (Å²) in [5.41, 5.74) is 21.9. The molecule has 0 heterocycles. The number of nitrogens with one attached hydrogen (secondary N) is 1. The number of allylic oxidation sites excluding steroid dienone is 9. The Kier molecular flexibility index (Phi) is 11.4. The van der Waals surface area contributed by atoms with Crippen LogP contribution in [0.2, 0.25) is 0 Å². The van der Waals surface area contributed by atoms with Crippen molar-refractivity contribution in [3.05, 3.63) is 89.3 Å². The van der Waals surface area contributed by atoms with Crippen LogP contribution in [-0.2, 0) is 16.1 Å². The van der Waals surface area contributed by atoms with Crippen molar-refractivity contribution in [1.82, 2.24) is 5.32 Å². The molecule has 7 N–H and O–H groups in total. The van der Waals surface area contributed by atoms with E-state index in [0.717, 1.165) is 36.9 Å². The van der Waals surface area contributed by atoms with Crippen LogP contribution >= 0.6 is 0 Å². The van der Waals surface area contributed by atoms with Crippen molar-refractivity contribution < 1.29 is 9.59 Å². The van der Waals surface area contributed by atoms with Gasteiger partial charge in [0.05, 0.1) is 6.42 Å². The van der Waals surface area contributed by atoms with Crippen molar-refractivity contribution in [2.45, 2.75) is 51.6 Å². The van der Waals surface area contributed by atoms with Crippen LogP contribution in [0.1, 0.15) is 44.6 Å². The van der Waals surface area contributed by atoms with Gasteiger partial charge in [0, 0.05) is 36.2 Å². The van der Waals surface area contributed by atoms with Gasteiger partial charge >= 0.3 is 0 Å². The van der Waals surface area contributed by atoms with E-state index in [0.29, 0.717) is 30.9 Å².